The molecule has 1 fully saturated rings. The summed E-state index contributed by atoms with van der Waals surface area (Å²) in [5.41, 5.74) is 0. The van der Waals surface area contributed by atoms with E-state index in [-0.39, 0.29) is 18.2 Å². The summed E-state index contributed by atoms with van der Waals surface area (Å²) < 4.78 is 4.57. The summed E-state index contributed by atoms with van der Waals surface area (Å²) in [6, 6.07) is 2.68. The molecule has 7 heteroatoms. The van der Waals surface area contributed by atoms with Crippen LogP contribution in [-0.4, -0.2) is 48.9 Å². The zero-order chi connectivity index (χ0) is 13.8. The molecule has 0 aliphatic carbocycles. The lowest BCUT2D eigenvalue weighted by atomic mass is 10.1. The van der Waals surface area contributed by atoms with E-state index < -0.39 is 12.0 Å². The smallest absolute Gasteiger partial charge is 0.308 e. The van der Waals surface area contributed by atoms with Crippen molar-refractivity contribution >= 4 is 29.1 Å². The van der Waals surface area contributed by atoms with Crippen LogP contribution >= 0.6 is 11.3 Å². The van der Waals surface area contributed by atoms with Gasteiger partial charge in [-0.1, -0.05) is 6.07 Å². The van der Waals surface area contributed by atoms with Gasteiger partial charge in [0, 0.05) is 13.1 Å². The maximum atomic E-state index is 12.3. The summed E-state index contributed by atoms with van der Waals surface area (Å²) in [7, 11) is 1.26. The lowest BCUT2D eigenvalue weighted by Crippen LogP contribution is -2.57. The molecule has 6 nitrogen and oxygen atoms in total. The topological polar surface area (TPSA) is 75.7 Å². The molecule has 0 bridgehead atoms. The summed E-state index contributed by atoms with van der Waals surface area (Å²) in [6.45, 7) is 0.789. The van der Waals surface area contributed by atoms with Crippen LogP contribution in [0.2, 0.25) is 0 Å². The number of hydrogen-bond donors (Lipinski definition) is 1. The Labute approximate surface area is 114 Å². The number of carbonyl (C=O) groups is 3. The summed E-state index contributed by atoms with van der Waals surface area (Å²) in [5, 5.41) is 4.45. The summed E-state index contributed by atoms with van der Waals surface area (Å²) in [6.07, 6.45) is -0.126. The number of ether oxygens (including phenoxy) is 1. The first-order chi connectivity index (χ1) is 9.13. The first kappa shape index (κ1) is 13.5. The highest BCUT2D eigenvalue weighted by Crippen LogP contribution is 2.17. The number of nitrogens with one attached hydrogen (secondary N) is 1. The van der Waals surface area contributed by atoms with Crippen molar-refractivity contribution in [2.45, 2.75) is 12.5 Å². The zero-order valence-electron chi connectivity index (χ0n) is 10.4. The molecule has 102 valence electrons. The van der Waals surface area contributed by atoms with Crippen molar-refractivity contribution in [3.63, 3.8) is 0 Å². The minimum atomic E-state index is -0.796. The molecule has 1 atom stereocenters. The maximum Gasteiger partial charge on any atom is 0.308 e. The minimum Gasteiger partial charge on any atom is -0.469 e. The van der Waals surface area contributed by atoms with Crippen molar-refractivity contribution in [1.29, 1.82) is 0 Å². The molecule has 2 heterocycles. The lowest BCUT2D eigenvalue weighted by molar-refractivity contribution is -0.145. The highest BCUT2D eigenvalue weighted by atomic mass is 32.1. The Morgan fingerprint density at radius 1 is 1.58 bits per heavy atom. The van der Waals surface area contributed by atoms with Gasteiger partial charge in [0.25, 0.3) is 5.91 Å². The largest absolute Gasteiger partial charge is 0.469 e. The van der Waals surface area contributed by atoms with Crippen molar-refractivity contribution in [1.82, 2.24) is 10.2 Å². The number of methoxy groups -OCH3 is 1. The van der Waals surface area contributed by atoms with Gasteiger partial charge in [0.05, 0.1) is 18.4 Å². The fourth-order valence-corrected chi connectivity index (χ4v) is 2.62. The second-order valence-corrected chi connectivity index (χ2v) is 5.01. The van der Waals surface area contributed by atoms with Crippen LogP contribution in [0.5, 0.6) is 0 Å². The van der Waals surface area contributed by atoms with E-state index in [0.717, 1.165) is 0 Å². The third-order valence-corrected chi connectivity index (χ3v) is 3.77. The monoisotopic (exact) mass is 282 g/mol. The van der Waals surface area contributed by atoms with Crippen LogP contribution in [-0.2, 0) is 14.3 Å². The van der Waals surface area contributed by atoms with Gasteiger partial charge in [0.1, 0.15) is 6.04 Å². The molecule has 0 aromatic carbocycles. The van der Waals surface area contributed by atoms with E-state index in [2.05, 4.69) is 10.1 Å². The number of nitrogens with zero attached hydrogens (tertiary/aromatic N) is 1. The molecule has 1 aliphatic heterocycles. The van der Waals surface area contributed by atoms with E-state index >= 15 is 0 Å². The van der Waals surface area contributed by atoms with E-state index in [4.69, 9.17) is 0 Å². The Hall–Kier alpha value is -1.89. The standard InChI is InChI=1S/C12H14N2O4S/c1-18-10(15)7-8-11(16)13-4-5-14(8)12(17)9-3-2-6-19-9/h2-3,6,8H,4-5,7H2,1H3,(H,13,16)/t8-/m1/s1. The minimum absolute atomic E-state index is 0.126. The van der Waals surface area contributed by atoms with Gasteiger partial charge in [-0.15, -0.1) is 11.3 Å². The summed E-state index contributed by atoms with van der Waals surface area (Å²) >= 11 is 1.31. The van der Waals surface area contributed by atoms with Gasteiger partial charge >= 0.3 is 5.97 Å². The van der Waals surface area contributed by atoms with Crippen molar-refractivity contribution < 1.29 is 19.1 Å². The molecule has 1 saturated heterocycles. The zero-order valence-corrected chi connectivity index (χ0v) is 11.2. The SMILES string of the molecule is COC(=O)C[C@@H]1C(=O)NCCN1C(=O)c1cccs1. The summed E-state index contributed by atoms with van der Waals surface area (Å²) in [4.78, 5) is 37.4. The predicted octanol–water partition coefficient (Wildman–Crippen LogP) is 0.252. The van der Waals surface area contributed by atoms with Gasteiger partial charge in [-0.05, 0) is 11.4 Å². The van der Waals surface area contributed by atoms with Gasteiger partial charge in [0.2, 0.25) is 5.91 Å². The molecule has 19 heavy (non-hydrogen) atoms. The first-order valence-electron chi connectivity index (χ1n) is 5.82. The van der Waals surface area contributed by atoms with Crippen LogP contribution in [0.1, 0.15) is 16.1 Å². The third-order valence-electron chi connectivity index (χ3n) is 2.91. The van der Waals surface area contributed by atoms with Crippen molar-refractivity contribution in [3.05, 3.63) is 22.4 Å². The van der Waals surface area contributed by atoms with E-state index in [1.807, 2.05) is 0 Å². The van der Waals surface area contributed by atoms with Crippen LogP contribution < -0.4 is 5.32 Å². The molecule has 0 saturated carbocycles. The van der Waals surface area contributed by atoms with Crippen LogP contribution in [0.3, 0.4) is 0 Å². The van der Waals surface area contributed by atoms with Crippen LogP contribution in [0.25, 0.3) is 0 Å². The molecular weight excluding hydrogens is 268 g/mol. The average molecular weight is 282 g/mol. The van der Waals surface area contributed by atoms with Crippen molar-refractivity contribution in [3.8, 4) is 0 Å². The van der Waals surface area contributed by atoms with Crippen LogP contribution in [0.4, 0.5) is 0 Å². The van der Waals surface area contributed by atoms with Crippen molar-refractivity contribution in [2.24, 2.45) is 0 Å². The molecule has 1 aromatic rings. The van der Waals surface area contributed by atoms with Gasteiger partial charge in [-0.25, -0.2) is 0 Å². The Morgan fingerprint density at radius 3 is 3.00 bits per heavy atom. The highest BCUT2D eigenvalue weighted by molar-refractivity contribution is 7.12. The molecule has 0 radical (unpaired) electrons. The Kier molecular flexibility index (Phi) is 4.16. The number of carbonyl (C=O) groups excluding carboxylic acids is 3. The predicted molar refractivity (Wildman–Crippen MR) is 68.8 cm³/mol. The van der Waals surface area contributed by atoms with Crippen molar-refractivity contribution in [2.75, 3.05) is 20.2 Å². The van der Waals surface area contributed by atoms with Crippen LogP contribution in [0.15, 0.2) is 17.5 Å². The molecule has 0 spiro atoms. The second-order valence-electron chi connectivity index (χ2n) is 4.06. The fraction of sp³-hybridized carbons (Fsp3) is 0.417. The van der Waals surface area contributed by atoms with E-state index in [9.17, 15) is 14.4 Å². The Balaban J connectivity index is 2.17. The van der Waals surface area contributed by atoms with Crippen LogP contribution in [0, 0.1) is 0 Å². The molecule has 2 amide bonds. The van der Waals surface area contributed by atoms with Gasteiger partial charge < -0.3 is 15.0 Å². The lowest BCUT2D eigenvalue weighted by Gasteiger charge is -2.34. The highest BCUT2D eigenvalue weighted by Gasteiger charge is 2.35. The molecular formula is C12H14N2O4S. The molecule has 1 aromatic heterocycles. The third kappa shape index (κ3) is 2.93. The van der Waals surface area contributed by atoms with Gasteiger partial charge in [-0.3, -0.25) is 14.4 Å². The molecule has 0 unspecified atom stereocenters. The molecule has 1 N–H and O–H groups in total. The number of piperazine rings is 1. The maximum absolute atomic E-state index is 12.3. The first-order valence-corrected chi connectivity index (χ1v) is 6.70. The number of esters is 1. The summed E-state index contributed by atoms with van der Waals surface area (Å²) in [5.74, 6) is -1.05. The quantitative estimate of drug-likeness (QED) is 0.806. The van der Waals surface area contributed by atoms with E-state index in [0.29, 0.717) is 18.0 Å². The Morgan fingerprint density at radius 2 is 2.37 bits per heavy atom. The fourth-order valence-electron chi connectivity index (χ4n) is 1.94. The van der Waals surface area contributed by atoms with E-state index in [1.54, 1.807) is 17.5 Å². The Bertz CT molecular complexity index is 486. The number of hydrogen-bond acceptors (Lipinski definition) is 5. The number of thiophene rings is 1. The average Bonchev–Trinajstić information content (AvgIpc) is 2.94. The second kappa shape index (κ2) is 5.83. The molecule has 2 rings (SSSR count). The van der Waals surface area contributed by atoms with Gasteiger partial charge in [0.15, 0.2) is 0 Å². The van der Waals surface area contributed by atoms with Gasteiger partial charge in [-0.2, -0.15) is 0 Å². The number of amides is 2. The molecule has 1 aliphatic rings. The normalized spacial score (nSPS) is 18.9. The number of rotatable bonds is 3. The van der Waals surface area contributed by atoms with E-state index in [1.165, 1.54) is 23.3 Å².